The first-order chi connectivity index (χ1) is 19.2. The normalized spacial score (nSPS) is 19.0. The van der Waals surface area contributed by atoms with Gasteiger partial charge < -0.3 is 33.8 Å². The predicted molar refractivity (Wildman–Crippen MR) is 157 cm³/mol. The molecule has 0 aromatic rings. The summed E-state index contributed by atoms with van der Waals surface area (Å²) in [6.07, 6.45) is 3.00. The van der Waals surface area contributed by atoms with Gasteiger partial charge in [-0.3, -0.25) is 4.79 Å². The molecule has 0 aromatic heterocycles. The molecule has 0 bridgehead atoms. The van der Waals surface area contributed by atoms with E-state index < -0.39 is 32.4 Å². The van der Waals surface area contributed by atoms with E-state index in [9.17, 15) is 19.2 Å². The number of ether oxygens (including phenoxy) is 3. The minimum Gasteiger partial charge on any atom is -0.457 e. The molecule has 1 saturated heterocycles. The second-order valence-corrected chi connectivity index (χ2v) is 16.3. The molecule has 1 N–H and O–H groups in total. The average molecular weight is 592 g/mol. The molecule has 0 radical (unpaired) electrons. The Morgan fingerprint density at radius 2 is 1.66 bits per heavy atom. The van der Waals surface area contributed by atoms with Gasteiger partial charge in [-0.05, 0) is 37.0 Å². The molecular formula is C29H45N3O8Si. The molecule has 41 heavy (non-hydrogen) atoms. The fourth-order valence-corrected chi connectivity index (χ4v) is 5.99. The summed E-state index contributed by atoms with van der Waals surface area (Å²) in [5.74, 6) is -1.32. The number of alkyl carbamates (subject to hydrolysis) is 1. The molecule has 0 aromatic carbocycles. The Bertz CT molecular complexity index is 1060. The van der Waals surface area contributed by atoms with E-state index in [4.69, 9.17) is 18.6 Å². The second-order valence-electron chi connectivity index (χ2n) is 11.5. The Morgan fingerprint density at radius 3 is 2.24 bits per heavy atom. The molecule has 0 unspecified atom stereocenters. The van der Waals surface area contributed by atoms with Crippen LogP contribution < -0.4 is 5.32 Å². The van der Waals surface area contributed by atoms with E-state index in [1.54, 1.807) is 0 Å². The topological polar surface area (TPSA) is 124 Å². The quantitative estimate of drug-likeness (QED) is 0.0991. The molecule has 0 saturated carbocycles. The lowest BCUT2D eigenvalue weighted by atomic mass is 9.83. The Labute approximate surface area is 244 Å². The first-order valence-electron chi connectivity index (χ1n) is 13.7. The second kappa shape index (κ2) is 14.5. The Kier molecular flexibility index (Phi) is 12.0. The van der Waals surface area contributed by atoms with Crippen LogP contribution in [0.4, 0.5) is 9.59 Å². The van der Waals surface area contributed by atoms with Crippen molar-refractivity contribution in [1.29, 1.82) is 0 Å². The van der Waals surface area contributed by atoms with E-state index in [0.29, 0.717) is 12.0 Å². The molecule has 3 atom stereocenters. The highest BCUT2D eigenvalue weighted by Crippen LogP contribution is 2.46. The zero-order valence-corrected chi connectivity index (χ0v) is 26.2. The number of nitrogens with one attached hydrogen (secondary N) is 1. The number of β-lactam (4-membered cyclic amide) rings is 1. The fourth-order valence-electron chi connectivity index (χ4n) is 4.56. The van der Waals surface area contributed by atoms with Crippen molar-refractivity contribution in [3.63, 3.8) is 0 Å². The number of amides is 3. The zero-order valence-electron chi connectivity index (χ0n) is 25.2. The lowest BCUT2D eigenvalue weighted by Crippen LogP contribution is -2.63. The van der Waals surface area contributed by atoms with E-state index in [0.717, 1.165) is 0 Å². The standard InChI is InChI=1S/C29H45N3O8Si/c1-10-15-37-26(34)24-21(19-31(28(36)39-17-12-3)14-13-30-27(35)38-16-11-2)18-22-23(25(33)32(22)24)20(4)40-41(8,9)29(5,6)7/h10-12,20,22-23H,1-3,13-19H2,4-9H3,(H,30,35)/t20-,22-,23-/m1/s1. The molecular weight excluding hydrogens is 546 g/mol. The number of hydrogen-bond donors (Lipinski definition) is 1. The van der Waals surface area contributed by atoms with Crippen molar-refractivity contribution >= 4 is 32.4 Å². The van der Waals surface area contributed by atoms with Crippen molar-refractivity contribution in [3.05, 3.63) is 49.2 Å². The SMILES string of the molecule is C=CCOC(=O)NCCN(CC1=C(C(=O)OCC=C)N2C(=O)[C@H]([C@@H](C)O[Si](C)(C)C(C)(C)C)[C@H]2C1)C(=O)OCC=C. The van der Waals surface area contributed by atoms with Gasteiger partial charge >= 0.3 is 18.2 Å². The molecule has 2 aliphatic rings. The summed E-state index contributed by atoms with van der Waals surface area (Å²) in [7, 11) is -2.16. The smallest absolute Gasteiger partial charge is 0.410 e. The summed E-state index contributed by atoms with van der Waals surface area (Å²) in [5, 5.41) is 2.53. The summed E-state index contributed by atoms with van der Waals surface area (Å²) in [4.78, 5) is 54.2. The Morgan fingerprint density at radius 1 is 1.07 bits per heavy atom. The van der Waals surface area contributed by atoms with Crippen molar-refractivity contribution in [2.24, 2.45) is 5.92 Å². The van der Waals surface area contributed by atoms with Gasteiger partial charge in [0, 0.05) is 19.6 Å². The average Bonchev–Trinajstić information content (AvgIpc) is 3.21. The molecule has 2 heterocycles. The van der Waals surface area contributed by atoms with Crippen molar-refractivity contribution in [1.82, 2.24) is 15.1 Å². The van der Waals surface area contributed by atoms with Crippen molar-refractivity contribution in [3.8, 4) is 0 Å². The van der Waals surface area contributed by atoms with Crippen LogP contribution in [0.25, 0.3) is 0 Å². The van der Waals surface area contributed by atoms with Crippen LogP contribution in [-0.2, 0) is 28.2 Å². The third kappa shape index (κ3) is 8.32. The number of fused-ring (bicyclic) bond motifs is 1. The monoisotopic (exact) mass is 591 g/mol. The van der Waals surface area contributed by atoms with Gasteiger partial charge in [0.25, 0.3) is 0 Å². The molecule has 0 aliphatic carbocycles. The predicted octanol–water partition coefficient (Wildman–Crippen LogP) is 4.15. The van der Waals surface area contributed by atoms with Crippen LogP contribution in [0.3, 0.4) is 0 Å². The Balaban J connectivity index is 2.29. The highest BCUT2D eigenvalue weighted by molar-refractivity contribution is 6.74. The van der Waals surface area contributed by atoms with E-state index in [1.165, 1.54) is 28.0 Å². The molecule has 2 aliphatic heterocycles. The van der Waals surface area contributed by atoms with Crippen LogP contribution >= 0.6 is 0 Å². The molecule has 3 amide bonds. The number of nitrogens with zero attached hydrogens (tertiary/aromatic N) is 2. The van der Waals surface area contributed by atoms with Crippen LogP contribution in [0.1, 0.15) is 34.1 Å². The van der Waals surface area contributed by atoms with Gasteiger partial charge in [0.1, 0.15) is 25.5 Å². The first-order valence-corrected chi connectivity index (χ1v) is 16.7. The number of esters is 1. The first kappa shape index (κ1) is 33.8. The molecule has 11 nitrogen and oxygen atoms in total. The van der Waals surface area contributed by atoms with Crippen LogP contribution in [0.5, 0.6) is 0 Å². The number of carbonyl (C=O) groups excluding carboxylic acids is 4. The van der Waals surface area contributed by atoms with Crippen LogP contribution in [-0.4, -0.2) is 93.8 Å². The number of rotatable bonds is 15. The van der Waals surface area contributed by atoms with E-state index in [-0.39, 0.29) is 68.2 Å². The third-order valence-corrected chi connectivity index (χ3v) is 12.1. The molecule has 228 valence electrons. The number of carbonyl (C=O) groups is 4. The molecule has 2 rings (SSSR count). The largest absolute Gasteiger partial charge is 0.457 e. The van der Waals surface area contributed by atoms with Crippen LogP contribution in [0, 0.1) is 5.92 Å². The molecule has 1 fully saturated rings. The molecule has 0 spiro atoms. The minimum atomic E-state index is -2.16. The summed E-state index contributed by atoms with van der Waals surface area (Å²) < 4.78 is 22.0. The highest BCUT2D eigenvalue weighted by Gasteiger charge is 2.58. The van der Waals surface area contributed by atoms with Crippen molar-refractivity contribution in [2.75, 3.05) is 39.5 Å². The van der Waals surface area contributed by atoms with Crippen molar-refractivity contribution < 1.29 is 37.8 Å². The van der Waals surface area contributed by atoms with E-state index in [2.05, 4.69) is 58.9 Å². The number of hydrogen-bond acceptors (Lipinski definition) is 8. The fraction of sp³-hybridized carbons (Fsp3) is 0.586. The van der Waals surface area contributed by atoms with E-state index >= 15 is 0 Å². The van der Waals surface area contributed by atoms with Crippen molar-refractivity contribution in [2.45, 2.75) is 64.4 Å². The lowest BCUT2D eigenvalue weighted by molar-refractivity contribution is -0.161. The van der Waals surface area contributed by atoms with Gasteiger partial charge in [0.05, 0.1) is 18.1 Å². The molecule has 12 heteroatoms. The van der Waals surface area contributed by atoms with Gasteiger partial charge in [-0.15, -0.1) is 0 Å². The zero-order chi connectivity index (χ0) is 31.0. The maximum Gasteiger partial charge on any atom is 0.410 e. The Hall–Kier alpha value is -3.38. The maximum absolute atomic E-state index is 13.5. The van der Waals surface area contributed by atoms with Gasteiger partial charge in [-0.25, -0.2) is 14.4 Å². The van der Waals surface area contributed by atoms with Gasteiger partial charge in [-0.2, -0.15) is 0 Å². The summed E-state index contributed by atoms with van der Waals surface area (Å²) in [6, 6.07) is -0.304. The van der Waals surface area contributed by atoms with E-state index in [1.807, 2.05) is 6.92 Å². The van der Waals surface area contributed by atoms with Gasteiger partial charge in [-0.1, -0.05) is 58.7 Å². The summed E-state index contributed by atoms with van der Waals surface area (Å²) in [5.41, 5.74) is 0.682. The van der Waals surface area contributed by atoms with Crippen LogP contribution in [0.15, 0.2) is 49.2 Å². The maximum atomic E-state index is 13.5. The summed E-state index contributed by atoms with van der Waals surface area (Å²) in [6.45, 7) is 23.3. The summed E-state index contributed by atoms with van der Waals surface area (Å²) >= 11 is 0. The third-order valence-electron chi connectivity index (χ3n) is 7.57. The van der Waals surface area contributed by atoms with Gasteiger partial charge in [0.15, 0.2) is 8.32 Å². The lowest BCUT2D eigenvalue weighted by Gasteiger charge is -2.48. The highest BCUT2D eigenvalue weighted by atomic mass is 28.4. The van der Waals surface area contributed by atoms with Gasteiger partial charge in [0.2, 0.25) is 5.91 Å². The van der Waals surface area contributed by atoms with Crippen LogP contribution in [0.2, 0.25) is 18.1 Å². The minimum absolute atomic E-state index is 0.0116.